The summed E-state index contributed by atoms with van der Waals surface area (Å²) in [6.07, 6.45) is 0. The third-order valence-electron chi connectivity index (χ3n) is 3.30. The first-order valence-corrected chi connectivity index (χ1v) is 9.50. The zero-order chi connectivity index (χ0) is 16.0. The molecule has 21 heavy (non-hydrogen) atoms. The average molecular weight is 335 g/mol. The van der Waals surface area contributed by atoms with Gasteiger partial charge < -0.3 is 10.1 Å². The number of likely N-dealkylation sites (N-methyl/N-ethyl adjacent to an activating group) is 1. The average Bonchev–Trinajstić information content (AvgIpc) is 2.79. The van der Waals surface area contributed by atoms with Crippen LogP contribution in [0, 0.1) is 6.92 Å². The third kappa shape index (κ3) is 4.26. The molecule has 1 unspecified atom stereocenters. The second-order valence-corrected chi connectivity index (χ2v) is 7.76. The van der Waals surface area contributed by atoms with Crippen molar-refractivity contribution >= 4 is 21.4 Å². The third-order valence-corrected chi connectivity index (χ3v) is 6.86. The molecule has 0 saturated carbocycles. The fourth-order valence-corrected chi connectivity index (χ4v) is 5.71. The van der Waals surface area contributed by atoms with Crippen LogP contribution in [0.2, 0.25) is 0 Å². The minimum absolute atomic E-state index is 0.184. The van der Waals surface area contributed by atoms with Crippen LogP contribution < -0.4 is 5.32 Å². The van der Waals surface area contributed by atoms with Crippen LogP contribution in [-0.2, 0) is 21.3 Å². The van der Waals surface area contributed by atoms with Crippen LogP contribution in [0.4, 0.5) is 0 Å². The van der Waals surface area contributed by atoms with Crippen molar-refractivity contribution in [1.29, 1.82) is 0 Å². The Balaban J connectivity index is 3.19. The molecule has 1 aromatic heterocycles. The molecule has 1 rings (SSSR count). The van der Waals surface area contributed by atoms with Crippen LogP contribution >= 0.6 is 11.3 Å². The number of thiophene rings is 1. The molecule has 0 spiro atoms. The Labute approximate surface area is 132 Å². The van der Waals surface area contributed by atoms with Crippen LogP contribution in [0.3, 0.4) is 0 Å². The summed E-state index contributed by atoms with van der Waals surface area (Å²) in [4.78, 5) is 1.33. The van der Waals surface area contributed by atoms with Crippen molar-refractivity contribution in [3.8, 4) is 0 Å². The van der Waals surface area contributed by atoms with Crippen molar-refractivity contribution in [2.45, 2.75) is 45.2 Å². The Morgan fingerprint density at radius 2 is 2.10 bits per heavy atom. The van der Waals surface area contributed by atoms with Crippen molar-refractivity contribution in [1.82, 2.24) is 9.62 Å². The van der Waals surface area contributed by atoms with E-state index < -0.39 is 10.0 Å². The van der Waals surface area contributed by atoms with Gasteiger partial charge in [-0.15, -0.1) is 11.3 Å². The molecule has 0 radical (unpaired) electrons. The monoisotopic (exact) mass is 334 g/mol. The van der Waals surface area contributed by atoms with E-state index in [0.29, 0.717) is 24.6 Å². The van der Waals surface area contributed by atoms with Crippen LogP contribution in [0.15, 0.2) is 10.3 Å². The normalized spacial score (nSPS) is 13.8. The molecule has 0 aliphatic rings. The van der Waals surface area contributed by atoms with E-state index in [2.05, 4.69) is 5.32 Å². The van der Waals surface area contributed by atoms with E-state index >= 15 is 0 Å². The van der Waals surface area contributed by atoms with E-state index in [9.17, 15) is 8.42 Å². The van der Waals surface area contributed by atoms with Gasteiger partial charge in [-0.2, -0.15) is 4.31 Å². The minimum Gasteiger partial charge on any atom is -0.383 e. The molecule has 0 amide bonds. The predicted octanol–water partition coefficient (Wildman–Crippen LogP) is 2.21. The molecule has 1 atom stereocenters. The Bertz CT molecular complexity index is 540. The van der Waals surface area contributed by atoms with Crippen molar-refractivity contribution in [3.63, 3.8) is 0 Å². The van der Waals surface area contributed by atoms with Crippen LogP contribution in [-0.4, -0.2) is 45.6 Å². The van der Waals surface area contributed by atoms with Gasteiger partial charge in [-0.1, -0.05) is 13.8 Å². The SMILES string of the molecule is CCNCc1scc(C)c1S(=O)(=O)N(CC)C(C)COC. The first kappa shape index (κ1) is 18.6. The molecule has 0 aliphatic carbocycles. The standard InChI is InChI=1S/C14H26N2O3S2/c1-6-15-8-13-14(11(3)10-20-13)21(17,18)16(7-2)12(4)9-19-5/h10,12,15H,6-9H2,1-5H3. The van der Waals surface area contributed by atoms with E-state index in [1.807, 2.05) is 33.1 Å². The topological polar surface area (TPSA) is 58.6 Å². The molecule has 0 aliphatic heterocycles. The highest BCUT2D eigenvalue weighted by Gasteiger charge is 2.31. The second-order valence-electron chi connectivity index (χ2n) is 4.96. The molecular formula is C14H26N2O3S2. The quantitative estimate of drug-likeness (QED) is 0.752. The van der Waals surface area contributed by atoms with Gasteiger partial charge in [-0.25, -0.2) is 8.42 Å². The van der Waals surface area contributed by atoms with Crippen molar-refractivity contribution in [2.75, 3.05) is 26.8 Å². The van der Waals surface area contributed by atoms with Gasteiger partial charge in [0.1, 0.15) is 4.90 Å². The Morgan fingerprint density at radius 1 is 1.43 bits per heavy atom. The zero-order valence-electron chi connectivity index (χ0n) is 13.5. The van der Waals surface area contributed by atoms with Crippen LogP contribution in [0.25, 0.3) is 0 Å². The minimum atomic E-state index is -3.50. The molecule has 0 aromatic carbocycles. The lowest BCUT2D eigenvalue weighted by atomic mass is 10.3. The Kier molecular flexibility index (Phi) is 7.29. The van der Waals surface area contributed by atoms with Crippen molar-refractivity contribution in [2.24, 2.45) is 0 Å². The van der Waals surface area contributed by atoms with Crippen molar-refractivity contribution in [3.05, 3.63) is 15.8 Å². The molecule has 5 nitrogen and oxygen atoms in total. The summed E-state index contributed by atoms with van der Waals surface area (Å²) in [6, 6.07) is -0.184. The zero-order valence-corrected chi connectivity index (χ0v) is 15.1. The molecule has 1 aromatic rings. The maximum atomic E-state index is 13.0. The maximum absolute atomic E-state index is 13.0. The Hall–Kier alpha value is -0.470. The maximum Gasteiger partial charge on any atom is 0.244 e. The number of nitrogens with one attached hydrogen (secondary N) is 1. The van der Waals surface area contributed by atoms with Crippen molar-refractivity contribution < 1.29 is 13.2 Å². The predicted molar refractivity (Wildman–Crippen MR) is 87.3 cm³/mol. The summed E-state index contributed by atoms with van der Waals surface area (Å²) in [6.45, 7) is 9.81. The largest absolute Gasteiger partial charge is 0.383 e. The molecule has 0 bridgehead atoms. The fourth-order valence-electron chi connectivity index (χ4n) is 2.35. The van der Waals surface area contributed by atoms with Gasteiger partial charge in [0, 0.05) is 31.1 Å². The number of hydrogen-bond donors (Lipinski definition) is 1. The number of methoxy groups -OCH3 is 1. The van der Waals surface area contributed by atoms with Gasteiger partial charge in [0.05, 0.1) is 6.61 Å². The lowest BCUT2D eigenvalue weighted by Gasteiger charge is -2.27. The number of aryl methyl sites for hydroxylation is 1. The molecule has 1 N–H and O–H groups in total. The first-order chi connectivity index (χ1) is 9.89. The highest BCUT2D eigenvalue weighted by molar-refractivity contribution is 7.89. The summed E-state index contributed by atoms with van der Waals surface area (Å²) in [7, 11) is -1.91. The molecule has 1 heterocycles. The number of nitrogens with zero attached hydrogens (tertiary/aromatic N) is 1. The number of rotatable bonds is 9. The van der Waals surface area contributed by atoms with E-state index in [4.69, 9.17) is 4.74 Å². The van der Waals surface area contributed by atoms with Gasteiger partial charge >= 0.3 is 0 Å². The Morgan fingerprint density at radius 3 is 2.62 bits per heavy atom. The molecular weight excluding hydrogens is 308 g/mol. The highest BCUT2D eigenvalue weighted by Crippen LogP contribution is 2.30. The van der Waals surface area contributed by atoms with Gasteiger partial charge in [-0.3, -0.25) is 0 Å². The van der Waals surface area contributed by atoms with Gasteiger partial charge in [-0.05, 0) is 31.3 Å². The molecule has 7 heteroatoms. The lowest BCUT2D eigenvalue weighted by Crippen LogP contribution is -2.41. The summed E-state index contributed by atoms with van der Waals surface area (Å²) < 4.78 is 32.6. The number of hydrogen-bond acceptors (Lipinski definition) is 5. The van der Waals surface area contributed by atoms with E-state index in [-0.39, 0.29) is 6.04 Å². The summed E-state index contributed by atoms with van der Waals surface area (Å²) in [5.41, 5.74) is 0.816. The van der Waals surface area contributed by atoms with Gasteiger partial charge in [0.15, 0.2) is 0 Å². The smallest absolute Gasteiger partial charge is 0.244 e. The first-order valence-electron chi connectivity index (χ1n) is 7.18. The van der Waals surface area contributed by atoms with Crippen LogP contribution in [0.1, 0.15) is 31.2 Å². The summed E-state index contributed by atoms with van der Waals surface area (Å²) >= 11 is 1.50. The second kappa shape index (κ2) is 8.24. The molecule has 0 saturated heterocycles. The van der Waals surface area contributed by atoms with Gasteiger partial charge in [0.2, 0.25) is 10.0 Å². The van der Waals surface area contributed by atoms with E-state index in [0.717, 1.165) is 17.0 Å². The summed E-state index contributed by atoms with van der Waals surface area (Å²) in [5.74, 6) is 0. The van der Waals surface area contributed by atoms with Gasteiger partial charge in [0.25, 0.3) is 0 Å². The lowest BCUT2D eigenvalue weighted by molar-refractivity contribution is 0.142. The summed E-state index contributed by atoms with van der Waals surface area (Å²) in [5, 5.41) is 5.12. The highest BCUT2D eigenvalue weighted by atomic mass is 32.2. The van der Waals surface area contributed by atoms with E-state index in [1.54, 1.807) is 7.11 Å². The fraction of sp³-hybridized carbons (Fsp3) is 0.714. The number of sulfonamides is 1. The van der Waals surface area contributed by atoms with Crippen LogP contribution in [0.5, 0.6) is 0 Å². The molecule has 0 fully saturated rings. The van der Waals surface area contributed by atoms with E-state index in [1.165, 1.54) is 15.6 Å². The molecule has 122 valence electrons. The number of ether oxygens (including phenoxy) is 1.